The summed E-state index contributed by atoms with van der Waals surface area (Å²) in [6.07, 6.45) is 0.723. The van der Waals surface area contributed by atoms with Crippen molar-refractivity contribution in [1.82, 2.24) is 4.90 Å². The molecule has 0 aliphatic heterocycles. The maximum Gasteiger partial charge on any atom is 0.412 e. The molecule has 0 aliphatic rings. The molecule has 2 amide bonds. The molecule has 0 aliphatic carbocycles. The summed E-state index contributed by atoms with van der Waals surface area (Å²) in [5.74, 6) is -1.28. The van der Waals surface area contributed by atoms with E-state index in [1.54, 1.807) is 45.0 Å². The van der Waals surface area contributed by atoms with Crippen molar-refractivity contribution in [2.45, 2.75) is 58.4 Å². The van der Waals surface area contributed by atoms with Gasteiger partial charge in [-0.15, -0.1) is 0 Å². The first kappa shape index (κ1) is 30.1. The average Bonchev–Trinajstić information content (AvgIpc) is 2.84. The van der Waals surface area contributed by atoms with Crippen molar-refractivity contribution in [2.75, 3.05) is 13.2 Å². The number of nitrogens with zero attached hydrogens (tertiary/aromatic N) is 2. The zero-order chi connectivity index (χ0) is 28.3. The van der Waals surface area contributed by atoms with Crippen LogP contribution >= 0.6 is 0 Å². The van der Waals surface area contributed by atoms with Gasteiger partial charge in [0.2, 0.25) is 5.91 Å². The lowest BCUT2D eigenvalue weighted by molar-refractivity contribution is -0.124. The van der Waals surface area contributed by atoms with Gasteiger partial charge in [0.15, 0.2) is 0 Å². The number of esters is 1. The quantitative estimate of drug-likeness (QED) is 0.329. The minimum atomic E-state index is -1.17. The van der Waals surface area contributed by atoms with E-state index in [0.717, 1.165) is 16.0 Å². The van der Waals surface area contributed by atoms with Crippen molar-refractivity contribution in [2.24, 2.45) is 5.73 Å². The van der Waals surface area contributed by atoms with E-state index in [1.807, 2.05) is 37.3 Å². The number of aryl methyl sites for hydroxylation is 1. The molecule has 0 saturated heterocycles. The third-order valence-corrected chi connectivity index (χ3v) is 5.30. The standard InChI is InChI=1S/C29H35N3O6/c1-6-13-37-27(34)23-12-8-11-22(15-23)18-36-19-24(17-30)32(28(35)38-29(3,4)5)25(26(31)33)16-21-10-7-9-20(2)14-21/h6-12,14-15,24-25H,1,13,16,18-19H2,2-5H3,(H2,31,33)/t24-,25-/m0/s1. The number of nitriles is 1. The number of carbonyl (C=O) groups is 3. The molecule has 0 fully saturated rings. The lowest BCUT2D eigenvalue weighted by Gasteiger charge is -2.34. The van der Waals surface area contributed by atoms with Crippen molar-refractivity contribution < 1.29 is 28.6 Å². The third-order valence-electron chi connectivity index (χ3n) is 5.30. The average molecular weight is 522 g/mol. The van der Waals surface area contributed by atoms with Crippen molar-refractivity contribution in [3.8, 4) is 6.07 Å². The number of nitrogens with two attached hydrogens (primary N) is 1. The van der Waals surface area contributed by atoms with Crippen LogP contribution in [0.25, 0.3) is 0 Å². The molecule has 202 valence electrons. The SMILES string of the molecule is C=CCOC(=O)c1cccc(COC[C@H](C#N)N(C(=O)OC(C)(C)C)[C@@H](Cc2cccc(C)c2)C(N)=O)c1. The summed E-state index contributed by atoms with van der Waals surface area (Å²) in [4.78, 5) is 39.0. The summed E-state index contributed by atoms with van der Waals surface area (Å²) in [5.41, 5.74) is 7.61. The number of primary amides is 1. The second-order valence-corrected chi connectivity index (χ2v) is 9.75. The number of hydrogen-bond donors (Lipinski definition) is 1. The van der Waals surface area contributed by atoms with Crippen LogP contribution in [0.3, 0.4) is 0 Å². The van der Waals surface area contributed by atoms with Crippen LogP contribution in [0.15, 0.2) is 61.2 Å². The van der Waals surface area contributed by atoms with Crippen molar-refractivity contribution in [3.63, 3.8) is 0 Å². The van der Waals surface area contributed by atoms with Gasteiger partial charge < -0.3 is 19.9 Å². The Hall–Kier alpha value is -4.16. The number of amides is 2. The van der Waals surface area contributed by atoms with Gasteiger partial charge in [0.1, 0.15) is 24.3 Å². The van der Waals surface area contributed by atoms with Crippen LogP contribution in [0, 0.1) is 18.3 Å². The Morgan fingerprint density at radius 1 is 1.13 bits per heavy atom. The zero-order valence-corrected chi connectivity index (χ0v) is 22.3. The molecular weight excluding hydrogens is 486 g/mol. The minimum Gasteiger partial charge on any atom is -0.458 e. The molecule has 0 radical (unpaired) electrons. The van der Waals surface area contributed by atoms with Crippen molar-refractivity contribution >= 4 is 18.0 Å². The molecule has 2 N–H and O–H groups in total. The first-order valence-electron chi connectivity index (χ1n) is 12.2. The zero-order valence-electron chi connectivity index (χ0n) is 22.3. The van der Waals surface area contributed by atoms with E-state index in [2.05, 4.69) is 6.58 Å². The summed E-state index contributed by atoms with van der Waals surface area (Å²) >= 11 is 0. The Labute approximate surface area is 223 Å². The first-order valence-corrected chi connectivity index (χ1v) is 12.2. The summed E-state index contributed by atoms with van der Waals surface area (Å²) in [5, 5.41) is 9.98. The molecule has 2 aromatic carbocycles. The van der Waals surface area contributed by atoms with Crippen LogP contribution in [0.5, 0.6) is 0 Å². The summed E-state index contributed by atoms with van der Waals surface area (Å²) in [6.45, 7) is 10.4. The predicted octanol–water partition coefficient (Wildman–Crippen LogP) is 4.08. The highest BCUT2D eigenvalue weighted by molar-refractivity contribution is 5.89. The van der Waals surface area contributed by atoms with Gasteiger partial charge in [-0.25, -0.2) is 9.59 Å². The van der Waals surface area contributed by atoms with Crippen LogP contribution in [0.2, 0.25) is 0 Å². The van der Waals surface area contributed by atoms with Gasteiger partial charge >= 0.3 is 12.1 Å². The fourth-order valence-corrected chi connectivity index (χ4v) is 3.66. The first-order chi connectivity index (χ1) is 17.9. The van der Waals surface area contributed by atoms with E-state index in [1.165, 1.54) is 6.08 Å². The molecule has 0 unspecified atom stereocenters. The molecule has 0 bridgehead atoms. The summed E-state index contributed by atoms with van der Waals surface area (Å²) < 4.78 is 16.3. The fraction of sp³-hybridized carbons (Fsp3) is 0.379. The lowest BCUT2D eigenvalue weighted by atomic mass is 10.0. The van der Waals surface area contributed by atoms with E-state index in [9.17, 15) is 19.6 Å². The van der Waals surface area contributed by atoms with Gasteiger partial charge in [0.25, 0.3) is 0 Å². The van der Waals surface area contributed by atoms with E-state index >= 15 is 0 Å². The number of rotatable bonds is 12. The molecule has 9 nitrogen and oxygen atoms in total. The van der Waals surface area contributed by atoms with E-state index in [0.29, 0.717) is 11.1 Å². The van der Waals surface area contributed by atoms with Gasteiger partial charge in [0.05, 0.1) is 24.8 Å². The Morgan fingerprint density at radius 3 is 2.42 bits per heavy atom. The van der Waals surface area contributed by atoms with Crippen LogP contribution in [-0.2, 0) is 32.0 Å². The molecule has 0 saturated carbocycles. The molecule has 0 spiro atoms. The molecule has 38 heavy (non-hydrogen) atoms. The summed E-state index contributed by atoms with van der Waals surface area (Å²) in [6, 6.07) is 13.8. The van der Waals surface area contributed by atoms with Crippen molar-refractivity contribution in [1.29, 1.82) is 5.26 Å². The fourth-order valence-electron chi connectivity index (χ4n) is 3.66. The maximum atomic E-state index is 13.2. The van der Waals surface area contributed by atoms with E-state index in [4.69, 9.17) is 19.9 Å². The van der Waals surface area contributed by atoms with Crippen LogP contribution in [0.4, 0.5) is 4.79 Å². The number of hydrogen-bond acceptors (Lipinski definition) is 7. The van der Waals surface area contributed by atoms with Crippen LogP contribution in [-0.4, -0.2) is 53.8 Å². The molecule has 9 heteroatoms. The predicted molar refractivity (Wildman–Crippen MR) is 142 cm³/mol. The summed E-state index contributed by atoms with van der Waals surface area (Å²) in [7, 11) is 0. The van der Waals surface area contributed by atoms with Gasteiger partial charge in [-0.1, -0.05) is 54.6 Å². The topological polar surface area (TPSA) is 132 Å². The Kier molecular flexibility index (Phi) is 11.0. The van der Waals surface area contributed by atoms with Gasteiger partial charge in [0, 0.05) is 6.42 Å². The largest absolute Gasteiger partial charge is 0.458 e. The number of benzene rings is 2. The van der Waals surface area contributed by atoms with Crippen molar-refractivity contribution in [3.05, 3.63) is 83.4 Å². The van der Waals surface area contributed by atoms with E-state index < -0.39 is 35.7 Å². The smallest absolute Gasteiger partial charge is 0.412 e. The Balaban J connectivity index is 2.25. The maximum absolute atomic E-state index is 13.2. The molecule has 2 atom stereocenters. The highest BCUT2D eigenvalue weighted by Gasteiger charge is 2.37. The number of ether oxygens (including phenoxy) is 3. The molecule has 0 heterocycles. The monoisotopic (exact) mass is 521 g/mol. The van der Waals surface area contributed by atoms with Crippen LogP contribution < -0.4 is 5.73 Å². The normalized spacial score (nSPS) is 12.5. The highest BCUT2D eigenvalue weighted by Crippen LogP contribution is 2.19. The third kappa shape index (κ3) is 9.37. The van der Waals surface area contributed by atoms with Crippen LogP contribution in [0.1, 0.15) is 47.8 Å². The Morgan fingerprint density at radius 2 is 1.82 bits per heavy atom. The van der Waals surface area contributed by atoms with E-state index in [-0.39, 0.29) is 26.2 Å². The second-order valence-electron chi connectivity index (χ2n) is 9.75. The number of carbonyl (C=O) groups excluding carboxylic acids is 3. The minimum absolute atomic E-state index is 0.0437. The molecule has 0 aromatic heterocycles. The Bertz CT molecular complexity index is 1180. The molecule has 2 rings (SSSR count). The molecular formula is C29H35N3O6. The lowest BCUT2D eigenvalue weighted by Crippen LogP contribution is -2.56. The second kappa shape index (κ2) is 14.0. The van der Waals surface area contributed by atoms with Gasteiger partial charge in [-0.05, 0) is 51.0 Å². The highest BCUT2D eigenvalue weighted by atomic mass is 16.6. The van der Waals surface area contributed by atoms with Gasteiger partial charge in [-0.2, -0.15) is 5.26 Å². The molecule has 2 aromatic rings. The van der Waals surface area contributed by atoms with Gasteiger partial charge in [-0.3, -0.25) is 9.69 Å².